The van der Waals surface area contributed by atoms with E-state index in [1.807, 2.05) is 82.6 Å². The smallest absolute Gasteiger partial charge is 0.202 e. The van der Waals surface area contributed by atoms with Crippen molar-refractivity contribution in [1.82, 2.24) is 9.13 Å². The molecule has 0 spiro atoms. The minimum absolute atomic E-state index is 0. The van der Waals surface area contributed by atoms with Crippen molar-refractivity contribution < 1.29 is 9.90 Å². The van der Waals surface area contributed by atoms with Crippen LogP contribution >= 0.6 is 17.0 Å². The number of aromatic hydroxyl groups is 1. The van der Waals surface area contributed by atoms with Gasteiger partial charge in [-0.1, -0.05) is 71.9 Å². The lowest BCUT2D eigenvalue weighted by atomic mass is 9.78. The third-order valence-electron chi connectivity index (χ3n) is 5.82. The first kappa shape index (κ1) is 26.7. The molecule has 0 unspecified atom stereocenters. The van der Waals surface area contributed by atoms with Crippen molar-refractivity contribution in [3.8, 4) is 5.75 Å². The van der Waals surface area contributed by atoms with Crippen molar-refractivity contribution in [2.45, 2.75) is 71.9 Å². The molecule has 0 saturated heterocycles. The normalized spacial score (nSPS) is 11.8. The van der Waals surface area contributed by atoms with E-state index >= 15 is 0 Å². The lowest BCUT2D eigenvalue weighted by Crippen LogP contribution is -2.28. The Bertz CT molecular complexity index is 1130. The Morgan fingerprint density at radius 3 is 1.94 bits per heavy atom. The maximum absolute atomic E-state index is 13.2. The van der Waals surface area contributed by atoms with Crippen LogP contribution in [0.3, 0.4) is 0 Å². The number of phenols is 1. The Kier molecular flexibility index (Phi) is 8.18. The summed E-state index contributed by atoms with van der Waals surface area (Å²) < 4.78 is 3.53. The van der Waals surface area contributed by atoms with Gasteiger partial charge >= 0.3 is 0 Å². The van der Waals surface area contributed by atoms with Gasteiger partial charge in [0.1, 0.15) is 5.75 Å². The summed E-state index contributed by atoms with van der Waals surface area (Å²) in [4.78, 5) is 13.2. The fraction of sp³-hybridized carbons (Fsp3) is 0.407. The number of carbonyl (C=O) groups excluding carboxylic acids is 1. The summed E-state index contributed by atoms with van der Waals surface area (Å²) in [7, 11) is 0. The molecule has 1 aromatic heterocycles. The number of rotatable bonds is 6. The Morgan fingerprint density at radius 1 is 0.909 bits per heavy atom. The van der Waals surface area contributed by atoms with Crippen LogP contribution in [-0.2, 0) is 30.3 Å². The molecule has 0 aliphatic rings. The summed E-state index contributed by atoms with van der Waals surface area (Å²) >= 11 is 0. The molecule has 178 valence electrons. The quantitative estimate of drug-likeness (QED) is 0.410. The number of imidazole rings is 1. The highest BCUT2D eigenvalue weighted by Gasteiger charge is 2.27. The van der Waals surface area contributed by atoms with E-state index in [0.717, 1.165) is 17.5 Å². The molecule has 33 heavy (non-hydrogen) atoms. The van der Waals surface area contributed by atoms with E-state index in [9.17, 15) is 9.90 Å². The molecule has 0 saturated carbocycles. The third-order valence-corrected chi connectivity index (χ3v) is 5.82. The van der Waals surface area contributed by atoms with Gasteiger partial charge in [-0.15, -0.1) is 17.0 Å². The molecule has 1 heterocycles. The summed E-state index contributed by atoms with van der Waals surface area (Å²) in [6.07, 6.45) is 4.48. The zero-order valence-corrected chi connectivity index (χ0v) is 22.2. The molecule has 2 N–H and O–H groups in total. The van der Waals surface area contributed by atoms with E-state index in [-0.39, 0.29) is 45.9 Å². The van der Waals surface area contributed by atoms with Crippen molar-refractivity contribution in [2.75, 3.05) is 0 Å². The average molecular weight is 515 g/mol. The molecule has 0 aliphatic carbocycles. The highest BCUT2D eigenvalue weighted by atomic mass is 79.9. The zero-order valence-electron chi connectivity index (χ0n) is 20.5. The van der Waals surface area contributed by atoms with Gasteiger partial charge in [0, 0.05) is 35.6 Å². The molecule has 5 nitrogen and oxygen atoms in total. The fourth-order valence-electron chi connectivity index (χ4n) is 3.85. The summed E-state index contributed by atoms with van der Waals surface area (Å²) in [5.74, 6) is 0.197. The Balaban J connectivity index is 0.00000385. The van der Waals surface area contributed by atoms with Crippen LogP contribution in [0.25, 0.3) is 0 Å². The molecule has 0 aliphatic heterocycles. The Morgan fingerprint density at radius 2 is 1.42 bits per heavy atom. The number of aryl methyl sites for hydroxylation is 2. The number of Topliss-reactive ketones (excluding diaryl/α,β-unsaturated/α-hetero) is 1. The van der Waals surface area contributed by atoms with Crippen LogP contribution in [0.1, 0.15) is 68.6 Å². The van der Waals surface area contributed by atoms with E-state index < -0.39 is 0 Å². The number of nitrogens with zero attached hydrogens (tertiary/aromatic N) is 2. The van der Waals surface area contributed by atoms with Gasteiger partial charge in [-0.25, -0.2) is 0 Å². The van der Waals surface area contributed by atoms with E-state index in [4.69, 9.17) is 5.41 Å². The van der Waals surface area contributed by atoms with E-state index in [1.54, 1.807) is 10.8 Å². The van der Waals surface area contributed by atoms with Crippen LogP contribution in [0.15, 0.2) is 54.9 Å². The second-order valence-corrected chi connectivity index (χ2v) is 10.5. The molecular formula is C27H36BrN3O2. The zero-order chi connectivity index (χ0) is 23.7. The van der Waals surface area contributed by atoms with Gasteiger partial charge in [0.05, 0.1) is 6.54 Å². The molecule has 0 amide bonds. The first-order valence-electron chi connectivity index (χ1n) is 11.1. The topological polar surface area (TPSA) is 71.0 Å². The van der Waals surface area contributed by atoms with Gasteiger partial charge < -0.3 is 14.2 Å². The van der Waals surface area contributed by atoms with Gasteiger partial charge in [0.2, 0.25) is 5.62 Å². The van der Waals surface area contributed by atoms with Gasteiger partial charge in [-0.3, -0.25) is 10.2 Å². The van der Waals surface area contributed by atoms with Crippen LogP contribution < -0.4 is 5.62 Å². The maximum Gasteiger partial charge on any atom is 0.202 e. The molecule has 3 aromatic rings. The minimum atomic E-state index is -0.297. The van der Waals surface area contributed by atoms with E-state index in [2.05, 4.69) is 12.1 Å². The second-order valence-electron chi connectivity index (χ2n) is 10.5. The lowest BCUT2D eigenvalue weighted by molar-refractivity contribution is 0.0969. The molecule has 6 heteroatoms. The predicted molar refractivity (Wildman–Crippen MR) is 139 cm³/mol. The van der Waals surface area contributed by atoms with Crippen LogP contribution in [-0.4, -0.2) is 20.0 Å². The van der Waals surface area contributed by atoms with Crippen molar-refractivity contribution >= 4 is 22.8 Å². The van der Waals surface area contributed by atoms with Crippen molar-refractivity contribution in [3.05, 3.63) is 82.7 Å². The SMILES string of the molecule is Br.CC(C)(C)c1cc(C(=O)Cn2ccn(CCc3ccccc3)c2=N)cc(C(C)(C)C)c1O. The summed E-state index contributed by atoms with van der Waals surface area (Å²) in [6, 6.07) is 13.8. The van der Waals surface area contributed by atoms with E-state index in [1.165, 1.54) is 5.56 Å². The average Bonchev–Trinajstić information content (AvgIpc) is 3.05. The van der Waals surface area contributed by atoms with Gasteiger partial charge in [0.25, 0.3) is 0 Å². The van der Waals surface area contributed by atoms with Crippen molar-refractivity contribution in [2.24, 2.45) is 0 Å². The third kappa shape index (κ3) is 6.26. The molecule has 2 aromatic carbocycles. The number of phenolic OH excluding ortho intramolecular Hbond substituents is 1. The minimum Gasteiger partial charge on any atom is -0.507 e. The first-order valence-corrected chi connectivity index (χ1v) is 11.1. The molecule has 3 rings (SSSR count). The number of carbonyl (C=O) groups is 1. The number of hydrogen-bond donors (Lipinski definition) is 2. The maximum atomic E-state index is 13.2. The first-order chi connectivity index (χ1) is 14.9. The Labute approximate surface area is 207 Å². The second kappa shape index (κ2) is 10.1. The fourth-order valence-corrected chi connectivity index (χ4v) is 3.85. The monoisotopic (exact) mass is 513 g/mol. The van der Waals surface area contributed by atoms with E-state index in [0.29, 0.717) is 17.7 Å². The van der Waals surface area contributed by atoms with Crippen LogP contribution in [0.4, 0.5) is 0 Å². The summed E-state index contributed by atoms with van der Waals surface area (Å²) in [5.41, 5.74) is 3.04. The van der Waals surface area contributed by atoms with Gasteiger partial charge in [0.15, 0.2) is 5.78 Å². The number of benzene rings is 2. The highest BCUT2D eigenvalue weighted by molar-refractivity contribution is 8.93. The van der Waals surface area contributed by atoms with Crippen molar-refractivity contribution in [3.63, 3.8) is 0 Å². The number of halogens is 1. The standard InChI is InChI=1S/C27H35N3O2.BrH/c1-26(2,3)21-16-20(17-22(24(21)32)27(4,5)6)23(31)18-30-15-14-29(25(30)28)13-12-19-10-8-7-9-11-19;/h7-11,14-17,28,32H,12-13,18H2,1-6H3;1H. The number of aromatic nitrogens is 2. The Hall–Kier alpha value is -2.60. The lowest BCUT2D eigenvalue weighted by Gasteiger charge is -2.28. The molecule has 0 atom stereocenters. The van der Waals surface area contributed by atoms with Crippen LogP contribution in [0, 0.1) is 5.41 Å². The predicted octanol–water partition coefficient (Wildman–Crippen LogP) is 5.77. The summed E-state index contributed by atoms with van der Waals surface area (Å²) in [5, 5.41) is 19.4. The highest BCUT2D eigenvalue weighted by Crippen LogP contribution is 2.39. The molecule has 0 fully saturated rings. The molecular weight excluding hydrogens is 478 g/mol. The van der Waals surface area contributed by atoms with Crippen LogP contribution in [0.2, 0.25) is 0 Å². The van der Waals surface area contributed by atoms with Gasteiger partial charge in [-0.2, -0.15) is 0 Å². The van der Waals surface area contributed by atoms with Crippen LogP contribution in [0.5, 0.6) is 5.75 Å². The number of hydrogen-bond acceptors (Lipinski definition) is 3. The van der Waals surface area contributed by atoms with Crippen molar-refractivity contribution in [1.29, 1.82) is 5.41 Å². The largest absolute Gasteiger partial charge is 0.507 e. The number of nitrogens with one attached hydrogen (secondary N) is 1. The molecule has 0 radical (unpaired) electrons. The molecule has 0 bridgehead atoms. The summed E-state index contributed by atoms with van der Waals surface area (Å²) in [6.45, 7) is 13.0. The number of ketones is 1. The van der Waals surface area contributed by atoms with Gasteiger partial charge in [-0.05, 0) is 34.9 Å².